The Morgan fingerprint density at radius 2 is 2.21 bits per heavy atom. The first kappa shape index (κ1) is 23.6. The molecule has 0 radical (unpaired) electrons. The Bertz CT molecular complexity index is 1170. The molecule has 0 unspecified atom stereocenters. The van der Waals surface area contributed by atoms with Gasteiger partial charge in [-0.1, -0.05) is 6.07 Å². The van der Waals surface area contributed by atoms with Crippen LogP contribution in [0.2, 0.25) is 0 Å². The van der Waals surface area contributed by atoms with Gasteiger partial charge in [0.1, 0.15) is 11.6 Å². The van der Waals surface area contributed by atoms with Crippen LogP contribution in [0.15, 0.2) is 41.9 Å². The third-order valence-electron chi connectivity index (χ3n) is 5.54. The summed E-state index contributed by atoms with van der Waals surface area (Å²) in [5, 5.41) is 3.81. The first-order valence-electron chi connectivity index (χ1n) is 11.2. The first-order chi connectivity index (χ1) is 16.5. The van der Waals surface area contributed by atoms with Crippen molar-refractivity contribution in [1.82, 2.24) is 19.4 Å². The standard InChI is InChI=1S/C24H28N6O3S/c1-17-14-29(16-27-17)11-12-33-24(32)30-10-8-19-20(13-25-2)23(34-21(19)15-30)28-22(31)7-6-18-5-3-4-9-26-18/h3-5,9,13-14,16H,6-8,10-12,15H2,1-2H3,(H,28,31). The van der Waals surface area contributed by atoms with E-state index in [0.717, 1.165) is 32.4 Å². The van der Waals surface area contributed by atoms with Crippen molar-refractivity contribution in [2.24, 2.45) is 4.99 Å². The second-order valence-corrected chi connectivity index (χ2v) is 9.15. The summed E-state index contributed by atoms with van der Waals surface area (Å²) < 4.78 is 7.37. The van der Waals surface area contributed by atoms with Crippen molar-refractivity contribution < 1.29 is 14.3 Å². The number of nitrogens with one attached hydrogen (secondary N) is 1. The van der Waals surface area contributed by atoms with E-state index in [1.807, 2.05) is 35.9 Å². The molecular formula is C24H28N6O3S. The summed E-state index contributed by atoms with van der Waals surface area (Å²) in [6, 6.07) is 5.69. The molecule has 9 nitrogen and oxygen atoms in total. The monoisotopic (exact) mass is 480 g/mol. The highest BCUT2D eigenvalue weighted by Gasteiger charge is 2.27. The average Bonchev–Trinajstić information content (AvgIpc) is 3.41. The van der Waals surface area contributed by atoms with E-state index in [1.54, 1.807) is 30.7 Å². The van der Waals surface area contributed by atoms with Crippen LogP contribution in [0.25, 0.3) is 0 Å². The van der Waals surface area contributed by atoms with Crippen LogP contribution in [0.5, 0.6) is 0 Å². The number of amides is 2. The molecule has 1 aliphatic rings. The number of carbonyl (C=O) groups excluding carboxylic acids is 2. The number of nitrogens with zero attached hydrogens (tertiary/aromatic N) is 5. The maximum atomic E-state index is 12.6. The van der Waals surface area contributed by atoms with Gasteiger partial charge in [-0.05, 0) is 37.5 Å². The predicted octanol–water partition coefficient (Wildman–Crippen LogP) is 3.46. The lowest BCUT2D eigenvalue weighted by atomic mass is 10.0. The molecular weight excluding hydrogens is 452 g/mol. The maximum Gasteiger partial charge on any atom is 0.410 e. The number of hydrogen-bond donors (Lipinski definition) is 1. The van der Waals surface area contributed by atoms with Gasteiger partial charge >= 0.3 is 6.09 Å². The summed E-state index contributed by atoms with van der Waals surface area (Å²) in [4.78, 5) is 40.6. The van der Waals surface area contributed by atoms with E-state index in [-0.39, 0.29) is 18.6 Å². The topological polar surface area (TPSA) is 102 Å². The third kappa shape index (κ3) is 5.88. The number of aromatic nitrogens is 3. The maximum absolute atomic E-state index is 12.6. The van der Waals surface area contributed by atoms with Crippen LogP contribution in [-0.4, -0.2) is 57.8 Å². The highest BCUT2D eigenvalue weighted by atomic mass is 32.1. The highest BCUT2D eigenvalue weighted by Crippen LogP contribution is 2.36. The molecule has 0 aliphatic carbocycles. The van der Waals surface area contributed by atoms with E-state index in [0.29, 0.717) is 38.9 Å². The zero-order valence-electron chi connectivity index (χ0n) is 19.4. The molecule has 4 heterocycles. The van der Waals surface area contributed by atoms with E-state index in [2.05, 4.69) is 20.3 Å². The summed E-state index contributed by atoms with van der Waals surface area (Å²) in [5.74, 6) is -0.0685. The summed E-state index contributed by atoms with van der Waals surface area (Å²) >= 11 is 1.50. The molecule has 3 aromatic heterocycles. The number of fused-ring (bicyclic) bond motifs is 1. The Balaban J connectivity index is 1.36. The van der Waals surface area contributed by atoms with E-state index >= 15 is 0 Å². The van der Waals surface area contributed by atoms with Crippen LogP contribution >= 0.6 is 11.3 Å². The zero-order valence-corrected chi connectivity index (χ0v) is 20.2. The molecule has 1 aliphatic heterocycles. The summed E-state index contributed by atoms with van der Waals surface area (Å²) in [7, 11) is 1.71. The van der Waals surface area contributed by atoms with E-state index in [4.69, 9.17) is 4.74 Å². The molecule has 178 valence electrons. The molecule has 0 fully saturated rings. The van der Waals surface area contributed by atoms with Gasteiger partial charge in [0.2, 0.25) is 5.91 Å². The third-order valence-corrected chi connectivity index (χ3v) is 6.69. The molecule has 34 heavy (non-hydrogen) atoms. The summed E-state index contributed by atoms with van der Waals surface area (Å²) in [6.07, 6.45) is 8.43. The molecule has 0 spiro atoms. The number of aryl methyl sites for hydroxylation is 2. The van der Waals surface area contributed by atoms with Gasteiger partial charge in [0.05, 0.1) is 25.1 Å². The van der Waals surface area contributed by atoms with Crippen molar-refractivity contribution in [3.63, 3.8) is 0 Å². The largest absolute Gasteiger partial charge is 0.448 e. The van der Waals surface area contributed by atoms with Crippen LogP contribution < -0.4 is 5.32 Å². The molecule has 4 rings (SSSR count). The van der Waals surface area contributed by atoms with Gasteiger partial charge in [0.15, 0.2) is 0 Å². The zero-order chi connectivity index (χ0) is 23.9. The minimum Gasteiger partial charge on any atom is -0.448 e. The normalized spacial score (nSPS) is 13.2. The fourth-order valence-corrected chi connectivity index (χ4v) is 5.10. The van der Waals surface area contributed by atoms with Crippen molar-refractivity contribution in [2.75, 3.05) is 25.5 Å². The van der Waals surface area contributed by atoms with Gasteiger partial charge in [-0.15, -0.1) is 11.3 Å². The van der Waals surface area contributed by atoms with Gasteiger partial charge in [0, 0.05) is 54.8 Å². The van der Waals surface area contributed by atoms with Crippen molar-refractivity contribution >= 4 is 34.6 Å². The van der Waals surface area contributed by atoms with E-state index < -0.39 is 0 Å². The highest BCUT2D eigenvalue weighted by molar-refractivity contribution is 7.16. The van der Waals surface area contributed by atoms with Crippen LogP contribution in [-0.2, 0) is 35.5 Å². The van der Waals surface area contributed by atoms with Crippen LogP contribution in [0.1, 0.15) is 33.8 Å². The number of ether oxygens (including phenoxy) is 1. The predicted molar refractivity (Wildman–Crippen MR) is 131 cm³/mol. The molecule has 0 saturated carbocycles. The number of thiophene rings is 1. The molecule has 0 saturated heterocycles. The molecule has 0 aromatic carbocycles. The quantitative estimate of drug-likeness (QED) is 0.498. The summed E-state index contributed by atoms with van der Waals surface area (Å²) in [6.45, 7) is 3.79. The smallest absolute Gasteiger partial charge is 0.410 e. The molecule has 2 amide bonds. The van der Waals surface area contributed by atoms with Gasteiger partial charge in [-0.3, -0.25) is 14.8 Å². The molecule has 3 aromatic rings. The fraction of sp³-hybridized carbons (Fsp3) is 0.375. The second kappa shape index (κ2) is 11.1. The van der Waals surface area contributed by atoms with Crippen molar-refractivity contribution in [3.8, 4) is 0 Å². The van der Waals surface area contributed by atoms with Crippen molar-refractivity contribution in [3.05, 3.63) is 64.3 Å². The van der Waals surface area contributed by atoms with Crippen LogP contribution in [0.3, 0.4) is 0 Å². The van der Waals surface area contributed by atoms with E-state index in [1.165, 1.54) is 11.3 Å². The lowest BCUT2D eigenvalue weighted by Gasteiger charge is -2.26. The van der Waals surface area contributed by atoms with Gasteiger partial charge in [-0.25, -0.2) is 9.78 Å². The van der Waals surface area contributed by atoms with Gasteiger partial charge in [0.25, 0.3) is 0 Å². The van der Waals surface area contributed by atoms with Crippen molar-refractivity contribution in [1.29, 1.82) is 0 Å². The second-order valence-electron chi connectivity index (χ2n) is 8.04. The number of rotatable bonds is 8. The fourth-order valence-electron chi connectivity index (χ4n) is 3.84. The Morgan fingerprint density at radius 1 is 1.32 bits per heavy atom. The van der Waals surface area contributed by atoms with E-state index in [9.17, 15) is 9.59 Å². The Labute approximate surface area is 202 Å². The first-order valence-corrected chi connectivity index (χ1v) is 12.0. The average molecular weight is 481 g/mol. The van der Waals surface area contributed by atoms with Crippen molar-refractivity contribution in [2.45, 2.75) is 39.3 Å². The number of anilines is 1. The molecule has 0 atom stereocenters. The molecule has 10 heteroatoms. The van der Waals surface area contributed by atoms with Crippen LogP contribution in [0, 0.1) is 6.92 Å². The number of pyridine rings is 1. The lowest BCUT2D eigenvalue weighted by Crippen LogP contribution is -2.36. The Kier molecular flexibility index (Phi) is 7.69. The Hall–Kier alpha value is -3.53. The minimum absolute atomic E-state index is 0.0685. The number of hydrogen-bond acceptors (Lipinski definition) is 7. The van der Waals surface area contributed by atoms with Gasteiger partial charge in [-0.2, -0.15) is 0 Å². The van der Waals surface area contributed by atoms with Crippen LogP contribution in [0.4, 0.5) is 9.80 Å². The number of imidazole rings is 1. The lowest BCUT2D eigenvalue weighted by molar-refractivity contribution is -0.116. The van der Waals surface area contributed by atoms with Gasteiger partial charge < -0.3 is 19.5 Å². The Morgan fingerprint density at radius 3 is 2.94 bits per heavy atom. The number of aliphatic imine (C=N–C) groups is 1. The molecule has 1 N–H and O–H groups in total. The SMILES string of the molecule is CN=Cc1c(NC(=O)CCc2ccccn2)sc2c1CCN(C(=O)OCCn1cnc(C)c1)C2. The minimum atomic E-state index is -0.331. The number of carbonyl (C=O) groups is 2. The molecule has 0 bridgehead atoms. The summed E-state index contributed by atoms with van der Waals surface area (Å²) in [5.41, 5.74) is 3.88.